The zero-order chi connectivity index (χ0) is 16.7. The van der Waals surface area contributed by atoms with E-state index in [1.165, 1.54) is 0 Å². The summed E-state index contributed by atoms with van der Waals surface area (Å²) in [4.78, 5) is 12.7. The SMILES string of the molecule is N#CCCC1(C(=O)NC2CC2)CC2(C=CC3(C=CCC=C3)C=C2)C1. The molecule has 124 valence electrons. The van der Waals surface area contributed by atoms with E-state index < -0.39 is 0 Å². The Labute approximate surface area is 143 Å². The van der Waals surface area contributed by atoms with Crippen LogP contribution in [0.1, 0.15) is 44.9 Å². The summed E-state index contributed by atoms with van der Waals surface area (Å²) < 4.78 is 0. The predicted octanol–water partition coefficient (Wildman–Crippen LogP) is 3.96. The Hall–Kier alpha value is -2.08. The number of amides is 1. The molecule has 3 nitrogen and oxygen atoms in total. The molecule has 2 spiro atoms. The molecule has 1 N–H and O–H groups in total. The summed E-state index contributed by atoms with van der Waals surface area (Å²) in [5.74, 6) is 0.172. The quantitative estimate of drug-likeness (QED) is 0.797. The second-order valence-electron chi connectivity index (χ2n) is 7.98. The normalized spacial score (nSPS) is 27.0. The first-order valence-electron chi connectivity index (χ1n) is 9.04. The minimum atomic E-state index is -0.351. The number of nitrogens with zero attached hydrogens (tertiary/aromatic N) is 1. The molecule has 24 heavy (non-hydrogen) atoms. The van der Waals surface area contributed by atoms with Gasteiger partial charge in [0.25, 0.3) is 0 Å². The van der Waals surface area contributed by atoms with Crippen LogP contribution >= 0.6 is 0 Å². The van der Waals surface area contributed by atoms with E-state index in [1.54, 1.807) is 0 Å². The van der Waals surface area contributed by atoms with Crippen LogP contribution in [-0.4, -0.2) is 11.9 Å². The van der Waals surface area contributed by atoms with Crippen LogP contribution in [0.3, 0.4) is 0 Å². The number of rotatable bonds is 4. The van der Waals surface area contributed by atoms with Crippen LogP contribution in [0.4, 0.5) is 0 Å². The van der Waals surface area contributed by atoms with Gasteiger partial charge in [0.05, 0.1) is 11.5 Å². The number of carbonyl (C=O) groups is 1. The molecule has 0 radical (unpaired) electrons. The van der Waals surface area contributed by atoms with Gasteiger partial charge in [0.15, 0.2) is 0 Å². The first-order chi connectivity index (χ1) is 11.6. The Balaban J connectivity index is 1.49. The summed E-state index contributed by atoms with van der Waals surface area (Å²) in [7, 11) is 0. The van der Waals surface area contributed by atoms with Gasteiger partial charge in [0.2, 0.25) is 5.91 Å². The lowest BCUT2D eigenvalue weighted by Gasteiger charge is -2.54. The lowest BCUT2D eigenvalue weighted by molar-refractivity contribution is -0.142. The van der Waals surface area contributed by atoms with Gasteiger partial charge in [-0.25, -0.2) is 0 Å². The van der Waals surface area contributed by atoms with E-state index in [0.717, 1.165) is 32.1 Å². The van der Waals surface area contributed by atoms with Crippen LogP contribution in [0.15, 0.2) is 48.6 Å². The molecule has 0 aromatic carbocycles. The number of allylic oxidation sites excluding steroid dienone is 8. The molecule has 2 fully saturated rings. The smallest absolute Gasteiger partial charge is 0.226 e. The van der Waals surface area contributed by atoms with Crippen molar-refractivity contribution in [3.8, 4) is 6.07 Å². The monoisotopic (exact) mass is 320 g/mol. The van der Waals surface area contributed by atoms with Gasteiger partial charge in [-0.3, -0.25) is 4.79 Å². The summed E-state index contributed by atoms with van der Waals surface area (Å²) >= 11 is 0. The minimum absolute atomic E-state index is 0.000718. The lowest BCUT2D eigenvalue weighted by Crippen LogP contribution is -2.54. The van der Waals surface area contributed by atoms with Crippen molar-refractivity contribution in [1.82, 2.24) is 5.32 Å². The van der Waals surface area contributed by atoms with Gasteiger partial charge < -0.3 is 5.32 Å². The van der Waals surface area contributed by atoms with E-state index in [-0.39, 0.29) is 22.2 Å². The van der Waals surface area contributed by atoms with E-state index in [1.807, 2.05) is 0 Å². The van der Waals surface area contributed by atoms with E-state index >= 15 is 0 Å². The molecule has 0 saturated heterocycles. The van der Waals surface area contributed by atoms with Crippen LogP contribution in [0.5, 0.6) is 0 Å². The maximum Gasteiger partial charge on any atom is 0.226 e. The summed E-state index contributed by atoms with van der Waals surface area (Å²) in [5.41, 5.74) is -0.416. The van der Waals surface area contributed by atoms with Crippen molar-refractivity contribution in [2.75, 3.05) is 0 Å². The molecule has 0 bridgehead atoms. The molecule has 0 aromatic heterocycles. The Kier molecular flexibility index (Phi) is 3.53. The fraction of sp³-hybridized carbons (Fsp3) is 0.524. The number of carbonyl (C=O) groups excluding carboxylic acids is 1. The fourth-order valence-electron chi connectivity index (χ4n) is 4.39. The summed E-state index contributed by atoms with van der Waals surface area (Å²) in [5, 5.41) is 12.1. The standard InChI is InChI=1S/C21H24N2O/c22-14-4-9-21(18(24)23-17-5-6-17)15-20(16-21)12-10-19(11-13-20)7-2-1-3-8-19/h2-3,7-8,10-13,17H,1,4-6,9,15-16H2,(H,23,24). The molecular formula is C21H24N2O. The van der Waals surface area contributed by atoms with Crippen LogP contribution < -0.4 is 5.32 Å². The molecule has 0 atom stereocenters. The van der Waals surface area contributed by atoms with Crippen LogP contribution in [-0.2, 0) is 4.79 Å². The second-order valence-corrected chi connectivity index (χ2v) is 7.98. The minimum Gasteiger partial charge on any atom is -0.353 e. The van der Waals surface area contributed by atoms with Gasteiger partial charge in [-0.15, -0.1) is 0 Å². The fourth-order valence-corrected chi connectivity index (χ4v) is 4.39. The largest absolute Gasteiger partial charge is 0.353 e. The maximum absolute atomic E-state index is 12.7. The Morgan fingerprint density at radius 2 is 1.75 bits per heavy atom. The van der Waals surface area contributed by atoms with Crippen molar-refractivity contribution >= 4 is 5.91 Å². The Morgan fingerprint density at radius 3 is 2.33 bits per heavy atom. The molecule has 3 heteroatoms. The number of nitriles is 1. The van der Waals surface area contributed by atoms with Crippen LogP contribution in [0, 0.1) is 27.6 Å². The molecule has 0 aromatic rings. The Bertz CT molecular complexity index is 664. The molecule has 0 unspecified atom stereocenters. The van der Waals surface area contributed by atoms with Crippen molar-refractivity contribution in [1.29, 1.82) is 5.26 Å². The topological polar surface area (TPSA) is 52.9 Å². The number of hydrogen-bond donors (Lipinski definition) is 1. The zero-order valence-electron chi connectivity index (χ0n) is 14.0. The first-order valence-corrected chi connectivity index (χ1v) is 9.04. The summed E-state index contributed by atoms with van der Waals surface area (Å²) in [6.45, 7) is 0. The summed E-state index contributed by atoms with van der Waals surface area (Å²) in [6.07, 6.45) is 24.0. The third-order valence-corrected chi connectivity index (χ3v) is 5.94. The van der Waals surface area contributed by atoms with Gasteiger partial charge in [0, 0.05) is 23.3 Å². The first kappa shape index (κ1) is 15.4. The lowest BCUT2D eigenvalue weighted by atomic mass is 9.49. The number of nitrogens with one attached hydrogen (secondary N) is 1. The molecule has 4 aliphatic carbocycles. The molecule has 1 amide bonds. The third kappa shape index (κ3) is 2.65. The van der Waals surface area contributed by atoms with Gasteiger partial charge in [-0.2, -0.15) is 5.26 Å². The average molecular weight is 320 g/mol. The van der Waals surface area contributed by atoms with E-state index in [9.17, 15) is 4.79 Å². The molecule has 0 aliphatic heterocycles. The van der Waals surface area contributed by atoms with Crippen LogP contribution in [0.2, 0.25) is 0 Å². The Morgan fingerprint density at radius 1 is 1.08 bits per heavy atom. The number of hydrogen-bond acceptors (Lipinski definition) is 2. The van der Waals surface area contributed by atoms with Gasteiger partial charge in [0.1, 0.15) is 0 Å². The molecule has 4 aliphatic rings. The highest BCUT2D eigenvalue weighted by atomic mass is 16.2. The second kappa shape index (κ2) is 5.48. The maximum atomic E-state index is 12.7. The van der Waals surface area contributed by atoms with Crippen molar-refractivity contribution < 1.29 is 4.79 Å². The van der Waals surface area contributed by atoms with E-state index in [2.05, 4.69) is 60.0 Å². The highest BCUT2D eigenvalue weighted by Crippen LogP contribution is 2.61. The molecule has 0 heterocycles. The molecular weight excluding hydrogens is 296 g/mol. The zero-order valence-corrected chi connectivity index (χ0v) is 14.0. The molecule has 4 rings (SSSR count). The highest BCUT2D eigenvalue weighted by Gasteiger charge is 2.57. The van der Waals surface area contributed by atoms with Gasteiger partial charge in [-0.05, 0) is 38.5 Å². The van der Waals surface area contributed by atoms with Crippen molar-refractivity contribution in [2.45, 2.75) is 51.0 Å². The van der Waals surface area contributed by atoms with Crippen molar-refractivity contribution in [3.05, 3.63) is 48.6 Å². The molecule has 2 saturated carbocycles. The van der Waals surface area contributed by atoms with Gasteiger partial charge in [-0.1, -0.05) is 48.6 Å². The highest BCUT2D eigenvalue weighted by molar-refractivity contribution is 5.85. The van der Waals surface area contributed by atoms with Crippen molar-refractivity contribution in [3.63, 3.8) is 0 Å². The van der Waals surface area contributed by atoms with E-state index in [4.69, 9.17) is 5.26 Å². The average Bonchev–Trinajstić information content (AvgIpc) is 3.37. The van der Waals surface area contributed by atoms with Crippen LogP contribution in [0.25, 0.3) is 0 Å². The predicted molar refractivity (Wildman–Crippen MR) is 93.7 cm³/mol. The van der Waals surface area contributed by atoms with E-state index in [0.29, 0.717) is 18.9 Å². The summed E-state index contributed by atoms with van der Waals surface area (Å²) in [6, 6.07) is 2.60. The van der Waals surface area contributed by atoms with Crippen molar-refractivity contribution in [2.24, 2.45) is 16.2 Å². The van der Waals surface area contributed by atoms with Gasteiger partial charge >= 0.3 is 0 Å². The third-order valence-electron chi connectivity index (χ3n) is 5.94.